The molecule has 0 saturated heterocycles. The Balaban J connectivity index is 2.82. The van der Waals surface area contributed by atoms with Gasteiger partial charge >= 0.3 is 0 Å². The van der Waals surface area contributed by atoms with Crippen LogP contribution >= 0.6 is 11.3 Å². The summed E-state index contributed by atoms with van der Waals surface area (Å²) >= 11 is 1.75. The molecule has 0 amide bonds. The summed E-state index contributed by atoms with van der Waals surface area (Å²) in [7, 11) is 2.21. The van der Waals surface area contributed by atoms with Crippen molar-refractivity contribution in [2.24, 2.45) is 11.7 Å². The maximum atomic E-state index is 6.14. The van der Waals surface area contributed by atoms with Crippen molar-refractivity contribution in [3.05, 3.63) is 16.1 Å². The topological polar surface area (TPSA) is 42.1 Å². The van der Waals surface area contributed by atoms with Crippen LogP contribution in [0.3, 0.4) is 0 Å². The van der Waals surface area contributed by atoms with Gasteiger partial charge in [-0.15, -0.1) is 11.3 Å². The van der Waals surface area contributed by atoms with E-state index in [0.717, 1.165) is 25.2 Å². The predicted molar refractivity (Wildman–Crippen MR) is 84.5 cm³/mol. The molecule has 0 aromatic carbocycles. The van der Waals surface area contributed by atoms with Crippen LogP contribution < -0.4 is 5.73 Å². The molecule has 3 nitrogen and oxygen atoms in total. The van der Waals surface area contributed by atoms with Gasteiger partial charge < -0.3 is 5.73 Å². The van der Waals surface area contributed by atoms with Crippen LogP contribution in [-0.4, -0.2) is 29.0 Å². The van der Waals surface area contributed by atoms with Crippen LogP contribution in [0.5, 0.6) is 0 Å². The fraction of sp³-hybridized carbons (Fsp3) is 0.800. The third-order valence-corrected chi connectivity index (χ3v) is 5.42. The molecule has 1 heterocycles. The molecule has 0 aliphatic heterocycles. The first-order valence-electron chi connectivity index (χ1n) is 7.29. The molecule has 4 heteroatoms. The van der Waals surface area contributed by atoms with Crippen molar-refractivity contribution in [3.8, 4) is 0 Å². The zero-order valence-electron chi connectivity index (χ0n) is 13.1. The van der Waals surface area contributed by atoms with E-state index in [-0.39, 0.29) is 5.54 Å². The molecule has 19 heavy (non-hydrogen) atoms. The van der Waals surface area contributed by atoms with Crippen LogP contribution in [0.15, 0.2) is 5.51 Å². The first-order chi connectivity index (χ1) is 8.99. The van der Waals surface area contributed by atoms with Crippen LogP contribution in [0, 0.1) is 12.8 Å². The van der Waals surface area contributed by atoms with Crippen LogP contribution in [-0.2, 0) is 6.54 Å². The molecule has 0 fully saturated rings. The lowest BCUT2D eigenvalue weighted by Gasteiger charge is -2.42. The summed E-state index contributed by atoms with van der Waals surface area (Å²) in [6, 6.07) is 0. The second-order valence-corrected chi connectivity index (χ2v) is 6.66. The highest BCUT2D eigenvalue weighted by Crippen LogP contribution is 2.29. The number of nitrogens with zero attached hydrogens (tertiary/aromatic N) is 2. The maximum absolute atomic E-state index is 6.14. The van der Waals surface area contributed by atoms with E-state index in [0.29, 0.717) is 5.92 Å². The normalized spacial score (nSPS) is 16.6. The minimum Gasteiger partial charge on any atom is -0.329 e. The fourth-order valence-corrected chi connectivity index (χ4v) is 3.44. The second-order valence-electron chi connectivity index (χ2n) is 5.72. The van der Waals surface area contributed by atoms with E-state index < -0.39 is 0 Å². The van der Waals surface area contributed by atoms with Crippen LogP contribution in [0.1, 0.15) is 50.6 Å². The molecular formula is C15H29N3S. The Hall–Kier alpha value is -0.450. The van der Waals surface area contributed by atoms with Gasteiger partial charge in [0.1, 0.15) is 0 Å². The van der Waals surface area contributed by atoms with Gasteiger partial charge in [0.25, 0.3) is 0 Å². The Kier molecular flexibility index (Phi) is 6.43. The number of nitrogens with two attached hydrogens (primary N) is 1. The predicted octanol–water partition coefficient (Wildman–Crippen LogP) is 3.43. The zero-order valence-corrected chi connectivity index (χ0v) is 13.9. The van der Waals surface area contributed by atoms with Crippen molar-refractivity contribution in [1.29, 1.82) is 0 Å². The quantitative estimate of drug-likeness (QED) is 0.795. The number of rotatable bonds is 8. The van der Waals surface area contributed by atoms with Crippen LogP contribution in [0.25, 0.3) is 0 Å². The molecule has 1 aromatic rings. The highest BCUT2D eigenvalue weighted by Gasteiger charge is 2.33. The largest absolute Gasteiger partial charge is 0.329 e. The van der Waals surface area contributed by atoms with E-state index in [1.165, 1.54) is 17.7 Å². The number of aromatic nitrogens is 1. The summed E-state index contributed by atoms with van der Waals surface area (Å²) in [5.74, 6) is 0.716. The monoisotopic (exact) mass is 283 g/mol. The second kappa shape index (κ2) is 7.36. The lowest BCUT2D eigenvalue weighted by atomic mass is 9.83. The Morgan fingerprint density at radius 2 is 2.16 bits per heavy atom. The van der Waals surface area contributed by atoms with Crippen molar-refractivity contribution in [1.82, 2.24) is 9.88 Å². The standard InChI is InChI=1S/C15H29N3S/c1-6-12(3)8-15(7-2,10-16)18(5)9-14-13(4)17-11-19-14/h11-12H,6-10,16H2,1-5H3. The molecular weight excluding hydrogens is 254 g/mol. The Morgan fingerprint density at radius 1 is 1.47 bits per heavy atom. The third kappa shape index (κ3) is 4.01. The van der Waals surface area contributed by atoms with E-state index in [4.69, 9.17) is 5.73 Å². The Labute approximate surface area is 122 Å². The number of thiazole rings is 1. The number of likely N-dealkylation sites (N-methyl/N-ethyl adjacent to an activating group) is 1. The number of aryl methyl sites for hydroxylation is 1. The van der Waals surface area contributed by atoms with E-state index in [1.54, 1.807) is 11.3 Å². The molecule has 0 radical (unpaired) electrons. The average molecular weight is 283 g/mol. The smallest absolute Gasteiger partial charge is 0.0798 e. The van der Waals surface area contributed by atoms with Crippen LogP contribution in [0.4, 0.5) is 0 Å². The summed E-state index contributed by atoms with van der Waals surface area (Å²) in [4.78, 5) is 8.14. The van der Waals surface area contributed by atoms with Gasteiger partial charge in [-0.2, -0.15) is 0 Å². The van der Waals surface area contributed by atoms with Crippen molar-refractivity contribution in [3.63, 3.8) is 0 Å². The van der Waals surface area contributed by atoms with Crippen molar-refractivity contribution in [2.45, 2.75) is 59.0 Å². The average Bonchev–Trinajstić information content (AvgIpc) is 2.81. The van der Waals surface area contributed by atoms with Gasteiger partial charge in [-0.1, -0.05) is 27.2 Å². The summed E-state index contributed by atoms with van der Waals surface area (Å²) < 4.78 is 0. The SMILES string of the molecule is CCC(C)CC(CC)(CN)N(C)Cc1scnc1C. The van der Waals surface area contributed by atoms with Gasteiger partial charge in [-0.05, 0) is 32.7 Å². The van der Waals surface area contributed by atoms with Gasteiger partial charge in [0.05, 0.1) is 11.2 Å². The lowest BCUT2D eigenvalue weighted by Crippen LogP contribution is -2.52. The van der Waals surface area contributed by atoms with Crippen LogP contribution in [0.2, 0.25) is 0 Å². The molecule has 2 N–H and O–H groups in total. The molecule has 0 spiro atoms. The van der Waals surface area contributed by atoms with E-state index >= 15 is 0 Å². The van der Waals surface area contributed by atoms with E-state index in [2.05, 4.69) is 44.6 Å². The van der Waals surface area contributed by atoms with Crippen molar-refractivity contribution >= 4 is 11.3 Å². The van der Waals surface area contributed by atoms with E-state index in [1.807, 2.05) is 5.51 Å². The number of hydrogen-bond acceptors (Lipinski definition) is 4. The molecule has 110 valence electrons. The van der Waals surface area contributed by atoms with E-state index in [9.17, 15) is 0 Å². The minimum absolute atomic E-state index is 0.117. The summed E-state index contributed by atoms with van der Waals surface area (Å²) in [5.41, 5.74) is 9.34. The highest BCUT2D eigenvalue weighted by atomic mass is 32.1. The van der Waals surface area contributed by atoms with Gasteiger partial charge in [-0.25, -0.2) is 4.98 Å². The maximum Gasteiger partial charge on any atom is 0.0798 e. The van der Waals surface area contributed by atoms with Crippen molar-refractivity contribution < 1.29 is 0 Å². The molecule has 1 rings (SSSR count). The van der Waals surface area contributed by atoms with Gasteiger partial charge in [-0.3, -0.25) is 4.90 Å². The Bertz CT molecular complexity index is 371. The molecule has 0 aliphatic carbocycles. The molecule has 0 saturated carbocycles. The summed E-state index contributed by atoms with van der Waals surface area (Å²) in [5, 5.41) is 0. The van der Waals surface area contributed by atoms with Gasteiger partial charge in [0.15, 0.2) is 0 Å². The lowest BCUT2D eigenvalue weighted by molar-refractivity contribution is 0.0862. The highest BCUT2D eigenvalue weighted by molar-refractivity contribution is 7.09. The summed E-state index contributed by atoms with van der Waals surface area (Å²) in [6.45, 7) is 10.6. The minimum atomic E-state index is 0.117. The Morgan fingerprint density at radius 3 is 2.58 bits per heavy atom. The van der Waals surface area contributed by atoms with Gasteiger partial charge in [0.2, 0.25) is 0 Å². The molecule has 1 aromatic heterocycles. The molecule has 0 aliphatic rings. The number of hydrogen-bond donors (Lipinski definition) is 1. The molecule has 2 atom stereocenters. The van der Waals surface area contributed by atoms with Crippen molar-refractivity contribution in [2.75, 3.05) is 13.6 Å². The summed E-state index contributed by atoms with van der Waals surface area (Å²) in [6.07, 6.45) is 3.49. The fourth-order valence-electron chi connectivity index (χ4n) is 2.61. The zero-order chi connectivity index (χ0) is 14.5. The molecule has 0 bridgehead atoms. The third-order valence-electron chi connectivity index (χ3n) is 4.50. The molecule has 2 unspecified atom stereocenters. The first-order valence-corrected chi connectivity index (χ1v) is 8.17. The van der Waals surface area contributed by atoms with Gasteiger partial charge in [0, 0.05) is 23.5 Å². The first kappa shape index (κ1) is 16.6.